The SMILES string of the molecule is O=C(Nc1cc(F)ccc1F)N(Cc1cccs1)C1CC1. The zero-order valence-corrected chi connectivity index (χ0v) is 12.0. The summed E-state index contributed by atoms with van der Waals surface area (Å²) in [6.07, 6.45) is 1.90. The van der Waals surface area contributed by atoms with Gasteiger partial charge in [-0.3, -0.25) is 0 Å². The molecule has 3 nitrogen and oxygen atoms in total. The van der Waals surface area contributed by atoms with E-state index in [0.717, 1.165) is 35.9 Å². The third kappa shape index (κ3) is 3.39. The van der Waals surface area contributed by atoms with Crippen LogP contribution in [0.3, 0.4) is 0 Å². The van der Waals surface area contributed by atoms with Crippen molar-refractivity contribution in [3.05, 3.63) is 52.2 Å². The van der Waals surface area contributed by atoms with E-state index in [0.29, 0.717) is 6.54 Å². The van der Waals surface area contributed by atoms with Crippen molar-refractivity contribution in [2.45, 2.75) is 25.4 Å². The predicted molar refractivity (Wildman–Crippen MR) is 78.3 cm³/mol. The second kappa shape index (κ2) is 5.81. The summed E-state index contributed by atoms with van der Waals surface area (Å²) in [6, 6.07) is 6.69. The van der Waals surface area contributed by atoms with Gasteiger partial charge in [-0.15, -0.1) is 11.3 Å². The molecule has 6 heteroatoms. The average Bonchev–Trinajstić information content (AvgIpc) is 3.16. The maximum absolute atomic E-state index is 13.6. The summed E-state index contributed by atoms with van der Waals surface area (Å²) in [4.78, 5) is 15.1. The Balaban J connectivity index is 1.73. The van der Waals surface area contributed by atoms with Gasteiger partial charge >= 0.3 is 6.03 Å². The van der Waals surface area contributed by atoms with Crippen LogP contribution in [0.25, 0.3) is 0 Å². The fourth-order valence-corrected chi connectivity index (χ4v) is 2.81. The van der Waals surface area contributed by atoms with E-state index in [1.165, 1.54) is 0 Å². The van der Waals surface area contributed by atoms with Crippen molar-refractivity contribution in [1.82, 2.24) is 4.90 Å². The predicted octanol–water partition coefficient (Wildman–Crippen LogP) is 4.22. The van der Waals surface area contributed by atoms with E-state index >= 15 is 0 Å². The first kappa shape index (κ1) is 14.0. The molecule has 1 aliphatic carbocycles. The molecule has 0 bridgehead atoms. The van der Waals surface area contributed by atoms with Gasteiger partial charge in [0.1, 0.15) is 11.6 Å². The normalized spacial score (nSPS) is 14.0. The van der Waals surface area contributed by atoms with Crippen LogP contribution >= 0.6 is 11.3 Å². The van der Waals surface area contributed by atoms with Gasteiger partial charge in [0, 0.05) is 17.0 Å². The lowest BCUT2D eigenvalue weighted by Gasteiger charge is -2.22. The van der Waals surface area contributed by atoms with Gasteiger partial charge < -0.3 is 10.2 Å². The lowest BCUT2D eigenvalue weighted by molar-refractivity contribution is 0.206. The molecular formula is C15H14F2N2OS. The lowest BCUT2D eigenvalue weighted by Crippen LogP contribution is -2.36. The zero-order valence-electron chi connectivity index (χ0n) is 11.2. The Kier molecular flexibility index (Phi) is 3.88. The first-order valence-electron chi connectivity index (χ1n) is 6.68. The topological polar surface area (TPSA) is 32.3 Å². The van der Waals surface area contributed by atoms with E-state index in [-0.39, 0.29) is 11.7 Å². The van der Waals surface area contributed by atoms with Gasteiger partial charge in [-0.05, 0) is 36.4 Å². The summed E-state index contributed by atoms with van der Waals surface area (Å²) in [5, 5.41) is 4.41. The lowest BCUT2D eigenvalue weighted by atomic mass is 10.3. The van der Waals surface area contributed by atoms with Crippen LogP contribution in [0.15, 0.2) is 35.7 Å². The Bertz CT molecular complexity index is 641. The highest BCUT2D eigenvalue weighted by Crippen LogP contribution is 2.30. The van der Waals surface area contributed by atoms with E-state index in [1.807, 2.05) is 17.5 Å². The van der Waals surface area contributed by atoms with Gasteiger partial charge in [0.2, 0.25) is 0 Å². The van der Waals surface area contributed by atoms with Gasteiger partial charge in [-0.1, -0.05) is 6.07 Å². The molecule has 1 aliphatic rings. The summed E-state index contributed by atoms with van der Waals surface area (Å²) in [5.41, 5.74) is -0.128. The number of hydrogen-bond acceptors (Lipinski definition) is 2. The third-order valence-corrected chi connectivity index (χ3v) is 4.19. The third-order valence-electron chi connectivity index (χ3n) is 3.32. The van der Waals surface area contributed by atoms with Gasteiger partial charge in [0.25, 0.3) is 0 Å². The number of rotatable bonds is 4. The van der Waals surface area contributed by atoms with Crippen LogP contribution in [0.5, 0.6) is 0 Å². The van der Waals surface area contributed by atoms with Crippen molar-refractivity contribution in [2.75, 3.05) is 5.32 Å². The van der Waals surface area contributed by atoms with Crippen LogP contribution in [-0.2, 0) is 6.54 Å². The van der Waals surface area contributed by atoms with Crippen molar-refractivity contribution in [3.8, 4) is 0 Å². The van der Waals surface area contributed by atoms with Gasteiger partial charge in [-0.2, -0.15) is 0 Å². The Labute approximate surface area is 125 Å². The fourth-order valence-electron chi connectivity index (χ4n) is 2.10. The van der Waals surface area contributed by atoms with Crippen LogP contribution in [0, 0.1) is 11.6 Å². The number of carbonyl (C=O) groups is 1. The molecule has 1 N–H and O–H groups in total. The molecule has 1 heterocycles. The first-order valence-corrected chi connectivity index (χ1v) is 7.56. The molecule has 2 aromatic rings. The van der Waals surface area contributed by atoms with Crippen molar-refractivity contribution in [2.24, 2.45) is 0 Å². The number of hydrogen-bond donors (Lipinski definition) is 1. The molecule has 1 aromatic heterocycles. The molecule has 1 saturated carbocycles. The number of thiophene rings is 1. The Morgan fingerprint density at radius 2 is 2.14 bits per heavy atom. The molecule has 0 aliphatic heterocycles. The number of amides is 2. The maximum Gasteiger partial charge on any atom is 0.322 e. The number of urea groups is 1. The molecule has 0 spiro atoms. The largest absolute Gasteiger partial charge is 0.322 e. The minimum Gasteiger partial charge on any atom is -0.316 e. The number of halogens is 2. The fraction of sp³-hybridized carbons (Fsp3) is 0.267. The van der Waals surface area contributed by atoms with E-state index in [9.17, 15) is 13.6 Å². The van der Waals surface area contributed by atoms with Crippen LogP contribution in [0.1, 0.15) is 17.7 Å². The number of nitrogens with one attached hydrogen (secondary N) is 1. The molecule has 0 unspecified atom stereocenters. The molecule has 1 aromatic carbocycles. The second-order valence-electron chi connectivity index (χ2n) is 4.99. The summed E-state index contributed by atoms with van der Waals surface area (Å²) >= 11 is 1.57. The van der Waals surface area contributed by atoms with Crippen molar-refractivity contribution < 1.29 is 13.6 Å². The number of benzene rings is 1. The molecule has 0 radical (unpaired) electrons. The molecular weight excluding hydrogens is 294 g/mol. The second-order valence-corrected chi connectivity index (χ2v) is 6.03. The zero-order chi connectivity index (χ0) is 14.8. The summed E-state index contributed by atoms with van der Waals surface area (Å²) in [7, 11) is 0. The Morgan fingerprint density at radius 1 is 1.33 bits per heavy atom. The van der Waals surface area contributed by atoms with Crippen LogP contribution in [0.2, 0.25) is 0 Å². The quantitative estimate of drug-likeness (QED) is 0.901. The molecule has 0 saturated heterocycles. The minimum atomic E-state index is -0.642. The van der Waals surface area contributed by atoms with E-state index in [4.69, 9.17) is 0 Å². The smallest absolute Gasteiger partial charge is 0.316 e. The van der Waals surface area contributed by atoms with E-state index in [1.54, 1.807) is 16.2 Å². The first-order chi connectivity index (χ1) is 10.1. The highest BCUT2D eigenvalue weighted by molar-refractivity contribution is 7.09. The Morgan fingerprint density at radius 3 is 2.81 bits per heavy atom. The van der Waals surface area contributed by atoms with Crippen molar-refractivity contribution in [3.63, 3.8) is 0 Å². The van der Waals surface area contributed by atoms with E-state index < -0.39 is 17.7 Å². The van der Waals surface area contributed by atoms with Crippen molar-refractivity contribution in [1.29, 1.82) is 0 Å². The highest BCUT2D eigenvalue weighted by atomic mass is 32.1. The van der Waals surface area contributed by atoms with E-state index in [2.05, 4.69) is 5.32 Å². The molecule has 3 rings (SSSR count). The maximum atomic E-state index is 13.6. The van der Waals surface area contributed by atoms with Crippen LogP contribution in [0.4, 0.5) is 19.3 Å². The number of carbonyl (C=O) groups excluding carboxylic acids is 1. The molecule has 0 atom stereocenters. The molecule has 21 heavy (non-hydrogen) atoms. The van der Waals surface area contributed by atoms with Crippen LogP contribution in [-0.4, -0.2) is 17.0 Å². The molecule has 2 amide bonds. The average molecular weight is 308 g/mol. The Hall–Kier alpha value is -1.95. The standard InChI is InChI=1S/C15H14F2N2OS/c16-10-3-6-13(17)14(8-10)18-15(20)19(11-4-5-11)9-12-2-1-7-21-12/h1-3,6-8,11H,4-5,9H2,(H,18,20). The summed E-state index contributed by atoms with van der Waals surface area (Å²) in [5.74, 6) is -1.22. The summed E-state index contributed by atoms with van der Waals surface area (Å²) < 4.78 is 26.7. The van der Waals surface area contributed by atoms with Gasteiger partial charge in [-0.25, -0.2) is 13.6 Å². The minimum absolute atomic E-state index is 0.128. The van der Waals surface area contributed by atoms with Gasteiger partial charge in [0.15, 0.2) is 0 Å². The number of nitrogens with zero attached hydrogens (tertiary/aromatic N) is 1. The van der Waals surface area contributed by atoms with Crippen LogP contribution < -0.4 is 5.32 Å². The summed E-state index contributed by atoms with van der Waals surface area (Å²) in [6.45, 7) is 0.491. The van der Waals surface area contributed by atoms with Crippen molar-refractivity contribution >= 4 is 23.1 Å². The number of anilines is 1. The highest BCUT2D eigenvalue weighted by Gasteiger charge is 2.33. The molecule has 110 valence electrons. The van der Waals surface area contributed by atoms with Gasteiger partial charge in [0.05, 0.1) is 12.2 Å². The monoisotopic (exact) mass is 308 g/mol. The molecule has 1 fully saturated rings.